The number of aryl methyl sites for hydroxylation is 2. The number of carbonyl (C=O) groups is 2. The zero-order chi connectivity index (χ0) is 15.9. The van der Waals surface area contributed by atoms with Gasteiger partial charge in [-0.1, -0.05) is 12.1 Å². The molecule has 2 aromatic rings. The second kappa shape index (κ2) is 7.16. The van der Waals surface area contributed by atoms with E-state index in [0.717, 1.165) is 5.56 Å². The maximum Gasteiger partial charge on any atom is 0.289 e. The van der Waals surface area contributed by atoms with E-state index < -0.39 is 11.8 Å². The average Bonchev–Trinajstić information content (AvgIpc) is 2.51. The largest absolute Gasteiger partial charge is 0.484 e. The zero-order valence-electron chi connectivity index (χ0n) is 12.3. The van der Waals surface area contributed by atoms with Crippen molar-refractivity contribution >= 4 is 11.8 Å². The number of hydrogen-bond donors (Lipinski definition) is 2. The number of carbonyl (C=O) groups excluding carboxylic acids is 2. The second-order valence-corrected chi connectivity index (χ2v) is 4.65. The topological polar surface area (TPSA) is 93.2 Å². The summed E-state index contributed by atoms with van der Waals surface area (Å²) in [5.74, 6) is -0.433. The highest BCUT2D eigenvalue weighted by Crippen LogP contribution is 2.11. The van der Waals surface area contributed by atoms with Gasteiger partial charge in [0.15, 0.2) is 6.61 Å². The first-order valence-electron chi connectivity index (χ1n) is 6.62. The molecule has 0 fully saturated rings. The third-order valence-corrected chi connectivity index (χ3v) is 2.69. The lowest BCUT2D eigenvalue weighted by Gasteiger charge is -2.08. The van der Waals surface area contributed by atoms with E-state index in [1.165, 1.54) is 12.4 Å². The Hall–Kier alpha value is -2.96. The van der Waals surface area contributed by atoms with Crippen LogP contribution in [0.5, 0.6) is 5.75 Å². The number of aromatic nitrogens is 2. The number of nitrogens with one attached hydrogen (secondary N) is 2. The van der Waals surface area contributed by atoms with Gasteiger partial charge in [-0.15, -0.1) is 0 Å². The summed E-state index contributed by atoms with van der Waals surface area (Å²) in [6.45, 7) is 3.48. The lowest BCUT2D eigenvalue weighted by molar-refractivity contribution is -0.123. The molecule has 1 aromatic carbocycles. The molecule has 0 unspecified atom stereocenters. The molecule has 2 N–H and O–H groups in total. The number of rotatable bonds is 4. The standard InChI is InChI=1S/C15H16N4O3/c1-10-4-3-5-12(6-10)22-9-14(20)18-19-15(21)13-8-16-11(2)7-17-13/h3-8H,9H2,1-2H3,(H,18,20)(H,19,21). The van der Waals surface area contributed by atoms with Crippen LogP contribution in [0.3, 0.4) is 0 Å². The Morgan fingerprint density at radius 1 is 1.14 bits per heavy atom. The summed E-state index contributed by atoms with van der Waals surface area (Å²) in [6.07, 6.45) is 2.80. The SMILES string of the molecule is Cc1cccc(OCC(=O)NNC(=O)c2cnc(C)cn2)c1. The van der Waals surface area contributed by atoms with E-state index in [4.69, 9.17) is 4.74 Å². The van der Waals surface area contributed by atoms with Crippen molar-refractivity contribution in [2.24, 2.45) is 0 Å². The maximum absolute atomic E-state index is 11.7. The first kappa shape index (κ1) is 15.4. The molecule has 0 spiro atoms. The van der Waals surface area contributed by atoms with E-state index in [2.05, 4.69) is 20.8 Å². The van der Waals surface area contributed by atoms with Crippen LogP contribution in [0.4, 0.5) is 0 Å². The highest BCUT2D eigenvalue weighted by Gasteiger charge is 2.09. The first-order chi connectivity index (χ1) is 10.5. The van der Waals surface area contributed by atoms with Crippen LogP contribution in [0.25, 0.3) is 0 Å². The van der Waals surface area contributed by atoms with Crippen molar-refractivity contribution in [3.63, 3.8) is 0 Å². The molecule has 0 saturated carbocycles. The number of nitrogens with zero attached hydrogens (tertiary/aromatic N) is 2. The van der Waals surface area contributed by atoms with Crippen LogP contribution in [0.2, 0.25) is 0 Å². The normalized spacial score (nSPS) is 9.91. The predicted octanol–water partition coefficient (Wildman–Crippen LogP) is 0.933. The van der Waals surface area contributed by atoms with Crippen LogP contribution in [-0.4, -0.2) is 28.4 Å². The summed E-state index contributed by atoms with van der Waals surface area (Å²) in [5, 5.41) is 0. The molecule has 22 heavy (non-hydrogen) atoms. The monoisotopic (exact) mass is 300 g/mol. The van der Waals surface area contributed by atoms with Crippen molar-refractivity contribution in [3.8, 4) is 5.75 Å². The Morgan fingerprint density at radius 2 is 1.95 bits per heavy atom. The number of ether oxygens (including phenoxy) is 1. The summed E-state index contributed by atoms with van der Waals surface area (Å²) < 4.78 is 5.31. The Bertz CT molecular complexity index is 671. The third kappa shape index (κ3) is 4.55. The number of amides is 2. The van der Waals surface area contributed by atoms with Gasteiger partial charge < -0.3 is 4.74 Å². The zero-order valence-corrected chi connectivity index (χ0v) is 12.3. The fraction of sp³-hybridized carbons (Fsp3) is 0.200. The molecule has 7 heteroatoms. The molecule has 114 valence electrons. The highest BCUT2D eigenvalue weighted by molar-refractivity contribution is 5.93. The smallest absolute Gasteiger partial charge is 0.289 e. The predicted molar refractivity (Wildman–Crippen MR) is 79.1 cm³/mol. The number of benzene rings is 1. The van der Waals surface area contributed by atoms with Crippen molar-refractivity contribution in [1.29, 1.82) is 0 Å². The van der Waals surface area contributed by atoms with Gasteiger partial charge in [0.2, 0.25) is 0 Å². The lowest BCUT2D eigenvalue weighted by atomic mass is 10.2. The van der Waals surface area contributed by atoms with Gasteiger partial charge in [-0.25, -0.2) is 4.98 Å². The average molecular weight is 300 g/mol. The van der Waals surface area contributed by atoms with Crippen molar-refractivity contribution in [2.45, 2.75) is 13.8 Å². The summed E-state index contributed by atoms with van der Waals surface area (Å²) in [5.41, 5.74) is 6.34. The molecule has 1 aromatic heterocycles. The molecule has 2 amide bonds. The molecule has 0 saturated heterocycles. The van der Waals surface area contributed by atoms with Crippen molar-refractivity contribution in [1.82, 2.24) is 20.8 Å². The number of hydrazine groups is 1. The quantitative estimate of drug-likeness (QED) is 0.819. The van der Waals surface area contributed by atoms with Crippen LogP contribution in [0, 0.1) is 13.8 Å². The third-order valence-electron chi connectivity index (χ3n) is 2.69. The molecule has 1 heterocycles. The van der Waals surface area contributed by atoms with E-state index in [0.29, 0.717) is 11.4 Å². The van der Waals surface area contributed by atoms with Crippen molar-refractivity contribution in [3.05, 3.63) is 53.6 Å². The van der Waals surface area contributed by atoms with E-state index in [9.17, 15) is 9.59 Å². The van der Waals surface area contributed by atoms with Gasteiger partial charge in [-0.05, 0) is 31.5 Å². The summed E-state index contributed by atoms with van der Waals surface area (Å²) in [4.78, 5) is 31.2. The van der Waals surface area contributed by atoms with Crippen molar-refractivity contribution < 1.29 is 14.3 Å². The van der Waals surface area contributed by atoms with E-state index >= 15 is 0 Å². The molecule has 2 rings (SSSR count). The van der Waals surface area contributed by atoms with Crippen LogP contribution in [0.1, 0.15) is 21.7 Å². The van der Waals surface area contributed by atoms with Gasteiger partial charge in [0, 0.05) is 6.20 Å². The van der Waals surface area contributed by atoms with Gasteiger partial charge >= 0.3 is 0 Å². The highest BCUT2D eigenvalue weighted by atomic mass is 16.5. The Balaban J connectivity index is 1.78. The van der Waals surface area contributed by atoms with Gasteiger partial charge in [0.1, 0.15) is 11.4 Å². The molecular weight excluding hydrogens is 284 g/mol. The summed E-state index contributed by atoms with van der Waals surface area (Å²) >= 11 is 0. The molecule has 0 atom stereocenters. The minimum atomic E-state index is -0.545. The minimum Gasteiger partial charge on any atom is -0.484 e. The lowest BCUT2D eigenvalue weighted by Crippen LogP contribution is -2.44. The fourth-order valence-electron chi connectivity index (χ4n) is 1.59. The molecule has 0 bridgehead atoms. The fourth-order valence-corrected chi connectivity index (χ4v) is 1.59. The van der Waals surface area contributed by atoms with Gasteiger partial charge in [0.25, 0.3) is 11.8 Å². The molecule has 0 aliphatic carbocycles. The van der Waals surface area contributed by atoms with Crippen LogP contribution >= 0.6 is 0 Å². The molecular formula is C15H16N4O3. The Morgan fingerprint density at radius 3 is 2.64 bits per heavy atom. The summed E-state index contributed by atoms with van der Waals surface area (Å²) in [7, 11) is 0. The van der Waals surface area contributed by atoms with Crippen LogP contribution in [0.15, 0.2) is 36.7 Å². The van der Waals surface area contributed by atoms with Gasteiger partial charge in [-0.3, -0.25) is 25.4 Å². The minimum absolute atomic E-state index is 0.116. The summed E-state index contributed by atoms with van der Waals surface area (Å²) in [6, 6.07) is 7.32. The van der Waals surface area contributed by atoms with Crippen LogP contribution in [-0.2, 0) is 4.79 Å². The van der Waals surface area contributed by atoms with E-state index in [-0.39, 0.29) is 12.3 Å². The van der Waals surface area contributed by atoms with Crippen LogP contribution < -0.4 is 15.6 Å². The van der Waals surface area contributed by atoms with E-state index in [1.807, 2.05) is 25.1 Å². The van der Waals surface area contributed by atoms with Crippen molar-refractivity contribution in [2.75, 3.05) is 6.61 Å². The molecule has 0 aliphatic heterocycles. The maximum atomic E-state index is 11.7. The Kier molecular flexibility index (Phi) is 5.02. The van der Waals surface area contributed by atoms with Gasteiger partial charge in [-0.2, -0.15) is 0 Å². The molecule has 0 radical (unpaired) electrons. The van der Waals surface area contributed by atoms with E-state index in [1.54, 1.807) is 13.0 Å². The molecule has 7 nitrogen and oxygen atoms in total. The Labute approximate surface area is 127 Å². The second-order valence-electron chi connectivity index (χ2n) is 4.65. The van der Waals surface area contributed by atoms with Gasteiger partial charge in [0.05, 0.1) is 11.9 Å². The first-order valence-corrected chi connectivity index (χ1v) is 6.62. The molecule has 0 aliphatic rings. The number of hydrogen-bond acceptors (Lipinski definition) is 5.